The summed E-state index contributed by atoms with van der Waals surface area (Å²) in [6.07, 6.45) is 1.64. The third kappa shape index (κ3) is 4.80. The summed E-state index contributed by atoms with van der Waals surface area (Å²) < 4.78 is 15.7. The minimum Gasteiger partial charge on any atom is -0.493 e. The van der Waals surface area contributed by atoms with Crippen LogP contribution in [0.3, 0.4) is 0 Å². The summed E-state index contributed by atoms with van der Waals surface area (Å²) in [6, 6.07) is 9.45. The van der Waals surface area contributed by atoms with E-state index in [4.69, 9.17) is 14.2 Å². The second-order valence-corrected chi connectivity index (χ2v) is 7.47. The van der Waals surface area contributed by atoms with Crippen molar-refractivity contribution in [3.05, 3.63) is 46.2 Å². The molecule has 0 unspecified atom stereocenters. The minimum absolute atomic E-state index is 0.154. The molecule has 1 saturated heterocycles. The maximum absolute atomic E-state index is 11.6. The van der Waals surface area contributed by atoms with Gasteiger partial charge in [-0.05, 0) is 49.0 Å². The standard InChI is InChI=1S/C20H25NO5S/c1-24-18-11-14(20(23)25-2)7-8-17(18)26-13-15(22)12-21-9-3-5-16(21)19-6-4-10-27-19/h4,6-8,10-11,15-16,22H,3,5,9,12-13H2,1-2H3/t15-,16-/m0/s1. The van der Waals surface area contributed by atoms with Crippen molar-refractivity contribution in [3.63, 3.8) is 0 Å². The van der Waals surface area contributed by atoms with Crippen molar-refractivity contribution in [1.29, 1.82) is 0 Å². The maximum atomic E-state index is 11.6. The van der Waals surface area contributed by atoms with E-state index in [1.54, 1.807) is 29.5 Å². The third-order valence-electron chi connectivity index (χ3n) is 4.70. The van der Waals surface area contributed by atoms with Gasteiger partial charge in [0.05, 0.1) is 19.8 Å². The van der Waals surface area contributed by atoms with Crippen LogP contribution in [0.2, 0.25) is 0 Å². The van der Waals surface area contributed by atoms with Crippen molar-refractivity contribution in [3.8, 4) is 11.5 Å². The Morgan fingerprint density at radius 2 is 2.19 bits per heavy atom. The molecule has 1 N–H and O–H groups in total. The normalized spacial score (nSPS) is 18.3. The smallest absolute Gasteiger partial charge is 0.337 e. The van der Waals surface area contributed by atoms with E-state index in [1.165, 1.54) is 19.1 Å². The quantitative estimate of drug-likeness (QED) is 0.698. The molecule has 0 spiro atoms. The van der Waals surface area contributed by atoms with Gasteiger partial charge in [0.15, 0.2) is 11.5 Å². The van der Waals surface area contributed by atoms with E-state index in [1.807, 2.05) is 0 Å². The fourth-order valence-corrected chi connectivity index (χ4v) is 4.28. The molecule has 0 amide bonds. The summed E-state index contributed by atoms with van der Waals surface area (Å²) in [5, 5.41) is 12.5. The first-order chi connectivity index (χ1) is 13.1. The molecule has 1 aliphatic heterocycles. The molecule has 6 nitrogen and oxygen atoms in total. The number of ether oxygens (including phenoxy) is 3. The van der Waals surface area contributed by atoms with E-state index in [0.29, 0.717) is 29.6 Å². The lowest BCUT2D eigenvalue weighted by molar-refractivity contribution is 0.0596. The number of benzene rings is 1. The maximum Gasteiger partial charge on any atom is 0.337 e. The number of methoxy groups -OCH3 is 2. The number of hydrogen-bond donors (Lipinski definition) is 1. The summed E-state index contributed by atoms with van der Waals surface area (Å²) in [6.45, 7) is 1.70. The lowest BCUT2D eigenvalue weighted by atomic mass is 10.2. The van der Waals surface area contributed by atoms with Crippen LogP contribution in [0, 0.1) is 0 Å². The van der Waals surface area contributed by atoms with Crippen LogP contribution >= 0.6 is 11.3 Å². The number of carbonyl (C=O) groups is 1. The Morgan fingerprint density at radius 3 is 2.89 bits per heavy atom. The fraction of sp³-hybridized carbons (Fsp3) is 0.450. The zero-order valence-electron chi connectivity index (χ0n) is 15.6. The molecular weight excluding hydrogens is 366 g/mol. The molecule has 2 aromatic rings. The van der Waals surface area contributed by atoms with Crippen molar-refractivity contribution in [2.45, 2.75) is 25.0 Å². The molecule has 0 saturated carbocycles. The Bertz CT molecular complexity index is 749. The van der Waals surface area contributed by atoms with Gasteiger partial charge in [0.2, 0.25) is 0 Å². The number of β-amino-alcohol motifs (C(OH)–C–C–N with tert-alkyl or cyclic N) is 1. The van der Waals surface area contributed by atoms with Crippen LogP contribution in [0.5, 0.6) is 11.5 Å². The molecule has 0 radical (unpaired) electrons. The van der Waals surface area contributed by atoms with E-state index in [9.17, 15) is 9.90 Å². The largest absolute Gasteiger partial charge is 0.493 e. The molecule has 1 aromatic heterocycles. The van der Waals surface area contributed by atoms with Crippen LogP contribution in [-0.2, 0) is 4.74 Å². The van der Waals surface area contributed by atoms with E-state index in [-0.39, 0.29) is 6.61 Å². The summed E-state index contributed by atoms with van der Waals surface area (Å²) >= 11 is 1.76. The van der Waals surface area contributed by atoms with Gasteiger partial charge in [-0.15, -0.1) is 11.3 Å². The van der Waals surface area contributed by atoms with E-state index in [2.05, 4.69) is 22.4 Å². The minimum atomic E-state index is -0.615. The molecule has 1 fully saturated rings. The zero-order valence-corrected chi connectivity index (χ0v) is 16.4. The van der Waals surface area contributed by atoms with Crippen LogP contribution in [-0.4, -0.2) is 56.0 Å². The Balaban J connectivity index is 1.57. The molecule has 3 rings (SSSR count). The van der Waals surface area contributed by atoms with Crippen molar-refractivity contribution < 1.29 is 24.1 Å². The topological polar surface area (TPSA) is 68.2 Å². The van der Waals surface area contributed by atoms with Gasteiger partial charge in [-0.1, -0.05) is 6.07 Å². The van der Waals surface area contributed by atoms with E-state index in [0.717, 1.165) is 19.4 Å². The highest BCUT2D eigenvalue weighted by molar-refractivity contribution is 7.10. The SMILES string of the molecule is COC(=O)c1ccc(OC[C@@H](O)CN2CCC[C@H]2c2cccs2)c(OC)c1. The van der Waals surface area contributed by atoms with Crippen molar-refractivity contribution in [2.24, 2.45) is 0 Å². The van der Waals surface area contributed by atoms with Gasteiger partial charge in [0.1, 0.15) is 12.7 Å². The van der Waals surface area contributed by atoms with Gasteiger partial charge in [-0.2, -0.15) is 0 Å². The van der Waals surface area contributed by atoms with Crippen LogP contribution in [0.25, 0.3) is 0 Å². The molecule has 2 atom stereocenters. The van der Waals surface area contributed by atoms with Crippen LogP contribution in [0.4, 0.5) is 0 Å². The van der Waals surface area contributed by atoms with Crippen molar-refractivity contribution in [1.82, 2.24) is 4.90 Å². The Labute approximate surface area is 163 Å². The van der Waals surface area contributed by atoms with Crippen molar-refractivity contribution in [2.75, 3.05) is 33.9 Å². The van der Waals surface area contributed by atoms with Crippen LogP contribution < -0.4 is 9.47 Å². The molecule has 7 heteroatoms. The number of esters is 1. The number of likely N-dealkylation sites (tertiary alicyclic amines) is 1. The number of carbonyl (C=O) groups excluding carboxylic acids is 1. The van der Waals surface area contributed by atoms with Gasteiger partial charge >= 0.3 is 5.97 Å². The van der Waals surface area contributed by atoms with Crippen LogP contribution in [0.1, 0.15) is 34.1 Å². The molecule has 0 aliphatic carbocycles. The lowest BCUT2D eigenvalue weighted by Crippen LogP contribution is -2.35. The van der Waals surface area contributed by atoms with Gasteiger partial charge < -0.3 is 19.3 Å². The number of aliphatic hydroxyl groups is 1. The van der Waals surface area contributed by atoms with Crippen LogP contribution in [0.15, 0.2) is 35.7 Å². The van der Waals surface area contributed by atoms with Gasteiger partial charge in [0.25, 0.3) is 0 Å². The molecule has 146 valence electrons. The van der Waals surface area contributed by atoms with Gasteiger partial charge in [0, 0.05) is 17.5 Å². The zero-order chi connectivity index (χ0) is 19.2. The molecule has 2 heterocycles. The number of aliphatic hydroxyl groups excluding tert-OH is 1. The van der Waals surface area contributed by atoms with E-state index < -0.39 is 12.1 Å². The third-order valence-corrected chi connectivity index (χ3v) is 5.67. The number of thiophene rings is 1. The summed E-state index contributed by atoms with van der Waals surface area (Å²) in [5.74, 6) is 0.483. The number of rotatable bonds is 8. The highest BCUT2D eigenvalue weighted by Crippen LogP contribution is 2.34. The van der Waals surface area contributed by atoms with Gasteiger partial charge in [-0.25, -0.2) is 4.79 Å². The number of hydrogen-bond acceptors (Lipinski definition) is 7. The Kier molecular flexibility index (Phi) is 6.71. The monoisotopic (exact) mass is 391 g/mol. The second kappa shape index (κ2) is 9.21. The summed E-state index contributed by atoms with van der Waals surface area (Å²) in [4.78, 5) is 15.3. The molecular formula is C20H25NO5S. The predicted molar refractivity (Wildman–Crippen MR) is 104 cm³/mol. The summed E-state index contributed by atoms with van der Waals surface area (Å²) in [5.41, 5.74) is 0.387. The van der Waals surface area contributed by atoms with E-state index >= 15 is 0 Å². The first-order valence-corrected chi connectivity index (χ1v) is 9.85. The first kappa shape index (κ1) is 19.7. The average molecular weight is 391 g/mol. The summed E-state index contributed by atoms with van der Waals surface area (Å²) in [7, 11) is 2.84. The molecule has 27 heavy (non-hydrogen) atoms. The number of nitrogens with zero attached hydrogens (tertiary/aromatic N) is 1. The molecule has 0 bridgehead atoms. The lowest BCUT2D eigenvalue weighted by Gasteiger charge is -2.26. The highest BCUT2D eigenvalue weighted by Gasteiger charge is 2.28. The second-order valence-electron chi connectivity index (χ2n) is 6.49. The molecule has 1 aliphatic rings. The first-order valence-electron chi connectivity index (χ1n) is 8.97. The fourth-order valence-electron chi connectivity index (χ4n) is 3.39. The van der Waals surface area contributed by atoms with Crippen molar-refractivity contribution >= 4 is 17.3 Å². The highest BCUT2D eigenvalue weighted by atomic mass is 32.1. The van der Waals surface area contributed by atoms with Gasteiger partial charge in [-0.3, -0.25) is 4.90 Å². The average Bonchev–Trinajstić information content (AvgIpc) is 3.37. The molecule has 1 aromatic carbocycles. The Hall–Kier alpha value is -2.09. The Morgan fingerprint density at radius 1 is 1.33 bits per heavy atom. The predicted octanol–water partition coefficient (Wildman–Crippen LogP) is 3.12.